The lowest BCUT2D eigenvalue weighted by Crippen LogP contribution is -1.94. The Kier molecular flexibility index (Phi) is 4.56. The van der Waals surface area contributed by atoms with Crippen molar-refractivity contribution in [2.24, 2.45) is 0 Å². The molecule has 0 spiro atoms. The van der Waals surface area contributed by atoms with Crippen molar-refractivity contribution in [3.8, 4) is 0 Å². The van der Waals surface area contributed by atoms with Gasteiger partial charge >= 0.3 is 0 Å². The van der Waals surface area contributed by atoms with Crippen LogP contribution in [0.4, 0.5) is 5.69 Å². The van der Waals surface area contributed by atoms with Crippen LogP contribution in [-0.2, 0) is 11.5 Å². The number of benzene rings is 2. The summed E-state index contributed by atoms with van der Waals surface area (Å²) in [6.07, 6.45) is 0. The molecule has 0 aliphatic carbocycles. The third kappa shape index (κ3) is 3.44. The standard InChI is InChI=1S/C15H16ClNS/c1-11-13(3-2-4-15(11)17)10-18-9-12-5-7-14(16)8-6-12/h2-8H,9-10,17H2,1H3. The zero-order valence-electron chi connectivity index (χ0n) is 10.3. The quantitative estimate of drug-likeness (QED) is 0.822. The average Bonchev–Trinajstić information content (AvgIpc) is 2.37. The van der Waals surface area contributed by atoms with Gasteiger partial charge in [0.05, 0.1) is 0 Å². The number of anilines is 1. The van der Waals surface area contributed by atoms with Crippen LogP contribution in [0.15, 0.2) is 42.5 Å². The molecule has 2 rings (SSSR count). The van der Waals surface area contributed by atoms with Gasteiger partial charge in [-0.3, -0.25) is 0 Å². The molecule has 0 heterocycles. The van der Waals surface area contributed by atoms with Gasteiger partial charge in [-0.15, -0.1) is 0 Å². The van der Waals surface area contributed by atoms with Gasteiger partial charge in [0.25, 0.3) is 0 Å². The van der Waals surface area contributed by atoms with E-state index < -0.39 is 0 Å². The Morgan fingerprint density at radius 3 is 2.50 bits per heavy atom. The predicted molar refractivity (Wildman–Crippen MR) is 82.0 cm³/mol. The summed E-state index contributed by atoms with van der Waals surface area (Å²) in [5, 5.41) is 0.787. The van der Waals surface area contributed by atoms with Gasteiger partial charge < -0.3 is 5.73 Å². The van der Waals surface area contributed by atoms with E-state index in [0.717, 1.165) is 22.2 Å². The van der Waals surface area contributed by atoms with Gasteiger partial charge in [-0.2, -0.15) is 11.8 Å². The first-order valence-corrected chi connectivity index (χ1v) is 7.36. The molecule has 0 saturated carbocycles. The van der Waals surface area contributed by atoms with E-state index in [1.54, 1.807) is 0 Å². The summed E-state index contributed by atoms with van der Waals surface area (Å²) in [5.74, 6) is 1.98. The van der Waals surface area contributed by atoms with Crippen LogP contribution in [0.3, 0.4) is 0 Å². The molecule has 0 atom stereocenters. The average molecular weight is 278 g/mol. The molecule has 0 aliphatic rings. The van der Waals surface area contributed by atoms with E-state index in [9.17, 15) is 0 Å². The molecule has 0 fully saturated rings. The molecule has 0 unspecified atom stereocenters. The van der Waals surface area contributed by atoms with Gasteiger partial charge in [0.15, 0.2) is 0 Å². The Bertz CT molecular complexity index is 523. The van der Waals surface area contributed by atoms with Crippen LogP contribution in [0.2, 0.25) is 5.02 Å². The minimum absolute atomic E-state index is 0.787. The van der Waals surface area contributed by atoms with Gasteiger partial charge in [0.2, 0.25) is 0 Å². The lowest BCUT2D eigenvalue weighted by molar-refractivity contribution is 1.30. The highest BCUT2D eigenvalue weighted by Crippen LogP contribution is 2.23. The monoisotopic (exact) mass is 277 g/mol. The zero-order chi connectivity index (χ0) is 13.0. The second kappa shape index (κ2) is 6.17. The maximum Gasteiger partial charge on any atom is 0.0406 e. The van der Waals surface area contributed by atoms with Crippen molar-refractivity contribution in [1.82, 2.24) is 0 Å². The maximum atomic E-state index is 5.90. The SMILES string of the molecule is Cc1c(N)cccc1CSCc1ccc(Cl)cc1. The highest BCUT2D eigenvalue weighted by Gasteiger charge is 2.01. The highest BCUT2D eigenvalue weighted by molar-refractivity contribution is 7.97. The van der Waals surface area contributed by atoms with Crippen LogP contribution >= 0.6 is 23.4 Å². The predicted octanol–water partition coefficient (Wildman–Crippen LogP) is 4.66. The van der Waals surface area contributed by atoms with Crippen molar-refractivity contribution in [3.05, 3.63) is 64.2 Å². The molecule has 0 radical (unpaired) electrons. The van der Waals surface area contributed by atoms with Gasteiger partial charge in [0, 0.05) is 22.2 Å². The molecule has 1 nitrogen and oxygen atoms in total. The molecule has 2 aromatic rings. The van der Waals surface area contributed by atoms with Crippen molar-refractivity contribution in [1.29, 1.82) is 0 Å². The van der Waals surface area contributed by atoms with Crippen molar-refractivity contribution >= 4 is 29.1 Å². The van der Waals surface area contributed by atoms with Crippen LogP contribution in [0.5, 0.6) is 0 Å². The first kappa shape index (κ1) is 13.3. The fraction of sp³-hybridized carbons (Fsp3) is 0.200. The lowest BCUT2D eigenvalue weighted by Gasteiger charge is -2.08. The summed E-state index contributed by atoms with van der Waals surface area (Å²) in [4.78, 5) is 0. The van der Waals surface area contributed by atoms with E-state index in [1.807, 2.05) is 36.0 Å². The van der Waals surface area contributed by atoms with E-state index in [-0.39, 0.29) is 0 Å². The van der Waals surface area contributed by atoms with Crippen LogP contribution < -0.4 is 5.73 Å². The summed E-state index contributed by atoms with van der Waals surface area (Å²) in [6.45, 7) is 2.08. The minimum Gasteiger partial charge on any atom is -0.399 e. The Labute approximate surface area is 117 Å². The molecule has 18 heavy (non-hydrogen) atoms. The summed E-state index contributed by atoms with van der Waals surface area (Å²) >= 11 is 7.75. The number of hydrogen-bond donors (Lipinski definition) is 1. The Hall–Kier alpha value is -1.12. The molecule has 2 N–H and O–H groups in total. The number of thioether (sulfide) groups is 1. The largest absolute Gasteiger partial charge is 0.399 e. The number of halogens is 1. The van der Waals surface area contributed by atoms with Gasteiger partial charge in [-0.1, -0.05) is 35.9 Å². The Balaban J connectivity index is 1.92. The Morgan fingerprint density at radius 2 is 1.78 bits per heavy atom. The first-order valence-electron chi connectivity index (χ1n) is 5.83. The van der Waals surface area contributed by atoms with E-state index in [0.29, 0.717) is 0 Å². The molecular weight excluding hydrogens is 262 g/mol. The second-order valence-electron chi connectivity index (χ2n) is 4.25. The van der Waals surface area contributed by atoms with E-state index in [2.05, 4.69) is 25.1 Å². The number of rotatable bonds is 4. The van der Waals surface area contributed by atoms with Gasteiger partial charge in [0.1, 0.15) is 0 Å². The summed E-state index contributed by atoms with van der Waals surface area (Å²) in [6, 6.07) is 14.1. The molecule has 0 amide bonds. The van der Waals surface area contributed by atoms with Gasteiger partial charge in [-0.05, 0) is 41.8 Å². The smallest absolute Gasteiger partial charge is 0.0406 e. The fourth-order valence-electron chi connectivity index (χ4n) is 1.72. The van der Waals surface area contributed by atoms with Crippen molar-refractivity contribution < 1.29 is 0 Å². The normalized spacial score (nSPS) is 10.6. The molecule has 3 heteroatoms. The molecule has 0 aromatic heterocycles. The molecule has 2 aromatic carbocycles. The first-order chi connectivity index (χ1) is 8.66. The number of nitrogen functional groups attached to an aromatic ring is 1. The fourth-order valence-corrected chi connectivity index (χ4v) is 2.91. The topological polar surface area (TPSA) is 26.0 Å². The molecule has 94 valence electrons. The van der Waals surface area contributed by atoms with Crippen LogP contribution in [-0.4, -0.2) is 0 Å². The maximum absolute atomic E-state index is 5.90. The minimum atomic E-state index is 0.787. The molecular formula is C15H16ClNS. The number of nitrogens with two attached hydrogens (primary N) is 1. The summed E-state index contributed by atoms with van der Waals surface area (Å²) in [5.41, 5.74) is 10.6. The van der Waals surface area contributed by atoms with Crippen molar-refractivity contribution in [2.75, 3.05) is 5.73 Å². The van der Waals surface area contributed by atoms with Crippen molar-refractivity contribution in [3.63, 3.8) is 0 Å². The van der Waals surface area contributed by atoms with E-state index in [4.69, 9.17) is 17.3 Å². The second-order valence-corrected chi connectivity index (χ2v) is 5.67. The van der Waals surface area contributed by atoms with E-state index >= 15 is 0 Å². The van der Waals surface area contributed by atoms with E-state index in [1.165, 1.54) is 16.7 Å². The molecule has 0 saturated heterocycles. The third-order valence-electron chi connectivity index (χ3n) is 2.93. The summed E-state index contributed by atoms with van der Waals surface area (Å²) in [7, 11) is 0. The number of hydrogen-bond acceptors (Lipinski definition) is 2. The lowest BCUT2D eigenvalue weighted by atomic mass is 10.1. The van der Waals surface area contributed by atoms with Crippen LogP contribution in [0, 0.1) is 6.92 Å². The zero-order valence-corrected chi connectivity index (χ0v) is 11.9. The summed E-state index contributed by atoms with van der Waals surface area (Å²) < 4.78 is 0. The molecule has 0 aliphatic heterocycles. The van der Waals surface area contributed by atoms with Crippen LogP contribution in [0.1, 0.15) is 16.7 Å². The molecule has 0 bridgehead atoms. The van der Waals surface area contributed by atoms with Crippen molar-refractivity contribution in [2.45, 2.75) is 18.4 Å². The highest BCUT2D eigenvalue weighted by atomic mass is 35.5. The third-order valence-corrected chi connectivity index (χ3v) is 4.23. The van der Waals surface area contributed by atoms with Crippen LogP contribution in [0.25, 0.3) is 0 Å². The Morgan fingerprint density at radius 1 is 1.06 bits per heavy atom. The van der Waals surface area contributed by atoms with Gasteiger partial charge in [-0.25, -0.2) is 0 Å².